The molecule has 3 aromatic heterocycles. The Morgan fingerprint density at radius 3 is 3.07 bits per heavy atom. The van der Waals surface area contributed by atoms with Gasteiger partial charge < -0.3 is 15.3 Å². The van der Waals surface area contributed by atoms with Crippen LogP contribution >= 0.6 is 11.3 Å². The second-order valence-electron chi connectivity index (χ2n) is 6.92. The molecule has 3 aromatic rings. The van der Waals surface area contributed by atoms with Crippen LogP contribution in [-0.4, -0.2) is 50.6 Å². The third kappa shape index (κ3) is 3.67. The predicted molar refractivity (Wildman–Crippen MR) is 105 cm³/mol. The lowest BCUT2D eigenvalue weighted by molar-refractivity contribution is 0.0778. The van der Waals surface area contributed by atoms with E-state index in [1.165, 1.54) is 17.4 Å². The number of nitrogens with zero attached hydrogens (tertiary/aromatic N) is 4. The zero-order valence-electron chi connectivity index (χ0n) is 15.3. The summed E-state index contributed by atoms with van der Waals surface area (Å²) in [5, 5.41) is 14.4. The molecule has 0 aliphatic carbocycles. The Balaban J connectivity index is 1.63. The maximum atomic E-state index is 13.4. The fourth-order valence-electron chi connectivity index (χ4n) is 3.33. The highest BCUT2D eigenvalue weighted by molar-refractivity contribution is 7.17. The highest BCUT2D eigenvalue weighted by atomic mass is 32.1. The minimum Gasteiger partial charge on any atom is -0.396 e. The smallest absolute Gasteiger partial charge is 0.274 e. The number of likely N-dealkylation sites (tertiary alicyclic amines) is 1. The highest BCUT2D eigenvalue weighted by Gasteiger charge is 2.29. The van der Waals surface area contributed by atoms with E-state index < -0.39 is 5.82 Å². The molecule has 1 unspecified atom stereocenters. The van der Waals surface area contributed by atoms with Crippen LogP contribution in [-0.2, 0) is 0 Å². The molecule has 4 heterocycles. The van der Waals surface area contributed by atoms with Crippen molar-refractivity contribution in [3.8, 4) is 0 Å². The quantitative estimate of drug-likeness (QED) is 0.683. The Morgan fingerprint density at radius 2 is 2.32 bits per heavy atom. The van der Waals surface area contributed by atoms with E-state index in [1.807, 2.05) is 18.4 Å². The molecule has 0 bridgehead atoms. The van der Waals surface area contributed by atoms with Crippen molar-refractivity contribution in [3.63, 3.8) is 0 Å². The molecule has 2 atom stereocenters. The summed E-state index contributed by atoms with van der Waals surface area (Å²) < 4.78 is 14.2. The molecule has 1 saturated heterocycles. The van der Waals surface area contributed by atoms with Gasteiger partial charge in [-0.3, -0.25) is 9.78 Å². The number of aliphatic hydroxyl groups excluding tert-OH is 1. The lowest BCUT2D eigenvalue weighted by Gasteiger charge is -2.18. The van der Waals surface area contributed by atoms with Crippen LogP contribution in [0.25, 0.3) is 10.2 Å². The molecule has 28 heavy (non-hydrogen) atoms. The molecule has 0 aromatic carbocycles. The third-order valence-corrected chi connectivity index (χ3v) is 5.82. The highest BCUT2D eigenvalue weighted by Crippen LogP contribution is 2.28. The number of hydrogen-bond donors (Lipinski definition) is 2. The monoisotopic (exact) mass is 401 g/mol. The van der Waals surface area contributed by atoms with Gasteiger partial charge in [0.05, 0.1) is 22.5 Å². The molecule has 0 radical (unpaired) electrons. The Morgan fingerprint density at radius 1 is 1.46 bits per heavy atom. The van der Waals surface area contributed by atoms with E-state index in [0.717, 1.165) is 17.3 Å². The summed E-state index contributed by atoms with van der Waals surface area (Å²) in [6, 6.07) is 2.96. The van der Waals surface area contributed by atoms with Gasteiger partial charge in [-0.25, -0.2) is 14.4 Å². The molecule has 0 saturated carbocycles. The van der Waals surface area contributed by atoms with Gasteiger partial charge >= 0.3 is 0 Å². The topological polar surface area (TPSA) is 91.2 Å². The zero-order chi connectivity index (χ0) is 19.7. The zero-order valence-corrected chi connectivity index (χ0v) is 16.1. The lowest BCUT2D eigenvalue weighted by atomic mass is 10.1. The largest absolute Gasteiger partial charge is 0.396 e. The van der Waals surface area contributed by atoms with Crippen LogP contribution in [0.2, 0.25) is 0 Å². The molecule has 1 aliphatic heterocycles. The Hall–Kier alpha value is -2.65. The van der Waals surface area contributed by atoms with E-state index in [4.69, 9.17) is 0 Å². The van der Waals surface area contributed by atoms with E-state index in [9.17, 15) is 14.3 Å². The fraction of sp³-hybridized carbons (Fsp3) is 0.368. The van der Waals surface area contributed by atoms with Gasteiger partial charge in [0, 0.05) is 31.8 Å². The Bertz CT molecular complexity index is 1010. The van der Waals surface area contributed by atoms with Crippen LogP contribution in [0.1, 0.15) is 35.4 Å². The Kier molecular flexibility index (Phi) is 5.19. The van der Waals surface area contributed by atoms with Crippen molar-refractivity contribution in [2.24, 2.45) is 5.92 Å². The van der Waals surface area contributed by atoms with Crippen molar-refractivity contribution < 1.29 is 14.3 Å². The number of thiophene rings is 1. The van der Waals surface area contributed by atoms with Crippen molar-refractivity contribution in [2.75, 3.05) is 25.0 Å². The first-order valence-electron chi connectivity index (χ1n) is 9.07. The minimum atomic E-state index is -0.413. The number of fused-ring (bicyclic) bond motifs is 1. The third-order valence-electron chi connectivity index (χ3n) is 4.91. The van der Waals surface area contributed by atoms with Crippen LogP contribution in [0.15, 0.2) is 29.9 Å². The van der Waals surface area contributed by atoms with Crippen molar-refractivity contribution in [3.05, 3.63) is 47.0 Å². The van der Waals surface area contributed by atoms with Gasteiger partial charge in [0.25, 0.3) is 5.91 Å². The average Bonchev–Trinajstić information content (AvgIpc) is 3.36. The summed E-state index contributed by atoms with van der Waals surface area (Å²) in [5.41, 5.74) is 1.70. The van der Waals surface area contributed by atoms with Gasteiger partial charge in [-0.2, -0.15) is 0 Å². The first-order chi connectivity index (χ1) is 13.5. The number of hydrogen-bond acceptors (Lipinski definition) is 7. The van der Waals surface area contributed by atoms with Crippen molar-refractivity contribution in [1.82, 2.24) is 19.9 Å². The lowest BCUT2D eigenvalue weighted by Crippen LogP contribution is -2.30. The maximum absolute atomic E-state index is 13.4. The van der Waals surface area contributed by atoms with E-state index >= 15 is 0 Å². The maximum Gasteiger partial charge on any atom is 0.274 e. The minimum absolute atomic E-state index is 0.0773. The molecule has 4 rings (SSSR count). The normalized spacial score (nSPS) is 17.8. The summed E-state index contributed by atoms with van der Waals surface area (Å²) in [5.74, 6) is -0.149. The number of halogens is 1. The molecule has 7 nitrogen and oxygen atoms in total. The Labute approximate surface area is 165 Å². The molecule has 9 heteroatoms. The molecule has 1 fully saturated rings. The summed E-state index contributed by atoms with van der Waals surface area (Å²) in [6.07, 6.45) is 3.52. The van der Waals surface area contributed by atoms with Crippen molar-refractivity contribution in [2.45, 2.75) is 19.4 Å². The molecule has 1 amide bonds. The van der Waals surface area contributed by atoms with Gasteiger partial charge in [-0.05, 0) is 36.4 Å². The number of aliphatic hydroxyl groups is 1. The number of amides is 1. The van der Waals surface area contributed by atoms with Gasteiger partial charge in [-0.15, -0.1) is 11.3 Å². The number of carbonyl (C=O) groups excluding carboxylic acids is 1. The number of rotatable bonds is 5. The number of anilines is 1. The first kappa shape index (κ1) is 18.7. The second kappa shape index (κ2) is 7.76. The van der Waals surface area contributed by atoms with Crippen molar-refractivity contribution >= 4 is 33.4 Å². The summed E-state index contributed by atoms with van der Waals surface area (Å²) in [7, 11) is 0. The van der Waals surface area contributed by atoms with Gasteiger partial charge in [0.15, 0.2) is 5.69 Å². The van der Waals surface area contributed by atoms with Crippen LogP contribution in [0, 0.1) is 11.7 Å². The van der Waals surface area contributed by atoms with Gasteiger partial charge in [-0.1, -0.05) is 0 Å². The molecule has 1 aliphatic rings. The second-order valence-corrected chi connectivity index (χ2v) is 7.84. The first-order valence-corrected chi connectivity index (χ1v) is 9.95. The van der Waals surface area contributed by atoms with Crippen LogP contribution in [0.3, 0.4) is 0 Å². The van der Waals surface area contributed by atoms with Crippen molar-refractivity contribution in [1.29, 1.82) is 0 Å². The molecular weight excluding hydrogens is 381 g/mol. The summed E-state index contributed by atoms with van der Waals surface area (Å²) in [4.78, 5) is 27.6. The van der Waals surface area contributed by atoms with E-state index in [2.05, 4.69) is 20.3 Å². The number of carbonyl (C=O) groups is 1. The van der Waals surface area contributed by atoms with E-state index in [-0.39, 0.29) is 24.5 Å². The number of aromatic nitrogens is 3. The van der Waals surface area contributed by atoms with Gasteiger partial charge in [0.2, 0.25) is 5.95 Å². The summed E-state index contributed by atoms with van der Waals surface area (Å²) >= 11 is 1.42. The SMILES string of the molecule is C[C@H](Nc1nc(C(=O)N2CCC(CO)C2)c2sccc2n1)c1cncc(F)c1. The average molecular weight is 401 g/mol. The van der Waals surface area contributed by atoms with E-state index in [1.54, 1.807) is 11.1 Å². The van der Waals surface area contributed by atoms with Crippen LogP contribution in [0.5, 0.6) is 0 Å². The molecule has 2 N–H and O–H groups in total. The van der Waals surface area contributed by atoms with Crippen LogP contribution in [0.4, 0.5) is 10.3 Å². The molecule has 0 spiro atoms. The van der Waals surface area contributed by atoms with Gasteiger partial charge in [0.1, 0.15) is 5.82 Å². The van der Waals surface area contributed by atoms with E-state index in [0.29, 0.717) is 35.8 Å². The van der Waals surface area contributed by atoms with Crippen LogP contribution < -0.4 is 5.32 Å². The fourth-order valence-corrected chi connectivity index (χ4v) is 4.14. The predicted octanol–water partition coefficient (Wildman–Crippen LogP) is 2.85. The molecule has 146 valence electrons. The molecular formula is C19H20FN5O2S. The standard InChI is InChI=1S/C19H20FN5O2S/c1-11(13-6-14(20)8-21-7-13)22-19-23-15-3-5-28-17(15)16(24-19)18(27)25-4-2-12(9-25)10-26/h3,5-8,11-12,26H,2,4,9-10H2,1H3,(H,22,23,24)/t11-,12?/m0/s1. The number of pyridine rings is 1. The number of nitrogens with one attached hydrogen (secondary N) is 1. The summed E-state index contributed by atoms with van der Waals surface area (Å²) in [6.45, 7) is 3.06.